The minimum Gasteiger partial charge on any atom is -0.493 e. The van der Waals surface area contributed by atoms with Crippen LogP contribution in [0.3, 0.4) is 0 Å². The lowest BCUT2D eigenvalue weighted by Crippen LogP contribution is -2.48. The summed E-state index contributed by atoms with van der Waals surface area (Å²) in [6.07, 6.45) is 8.12. The molecule has 0 aliphatic carbocycles. The van der Waals surface area contributed by atoms with Crippen molar-refractivity contribution in [3.8, 4) is 11.5 Å². The quantitative estimate of drug-likeness (QED) is 0.174. The van der Waals surface area contributed by atoms with Gasteiger partial charge < -0.3 is 19.1 Å². The lowest BCUT2D eigenvalue weighted by Gasteiger charge is -2.34. The van der Waals surface area contributed by atoms with Crippen LogP contribution in [0.25, 0.3) is 6.08 Å². The molecule has 1 heterocycles. The molecule has 3 aromatic carbocycles. The van der Waals surface area contributed by atoms with Gasteiger partial charge in [-0.3, -0.25) is 9.69 Å². The Hall–Kier alpha value is -3.87. The van der Waals surface area contributed by atoms with Crippen LogP contribution in [0.1, 0.15) is 29.2 Å². The summed E-state index contributed by atoms with van der Waals surface area (Å²) in [5.41, 5.74) is 3.31. The first-order chi connectivity index (χ1) is 19.2. The average molecular weight is 527 g/mol. The molecule has 0 bridgehead atoms. The molecule has 0 saturated carbocycles. The van der Waals surface area contributed by atoms with Gasteiger partial charge in [-0.05, 0) is 35.2 Å². The van der Waals surface area contributed by atoms with Crippen molar-refractivity contribution in [2.24, 2.45) is 0 Å². The molecule has 1 aliphatic heterocycles. The van der Waals surface area contributed by atoms with E-state index in [1.807, 2.05) is 47.4 Å². The first kappa shape index (κ1) is 28.1. The van der Waals surface area contributed by atoms with Crippen molar-refractivity contribution >= 4 is 12.0 Å². The summed E-state index contributed by atoms with van der Waals surface area (Å²) < 4.78 is 17.0. The van der Waals surface area contributed by atoms with Crippen LogP contribution in [0.5, 0.6) is 11.5 Å². The van der Waals surface area contributed by atoms with Gasteiger partial charge in [0.25, 0.3) is 0 Å². The fraction of sp³-hybridized carbons (Fsp3) is 0.303. The topological polar surface area (TPSA) is 51.2 Å². The van der Waals surface area contributed by atoms with Crippen LogP contribution < -0.4 is 9.47 Å². The lowest BCUT2D eigenvalue weighted by atomic mass is 10.0. The zero-order valence-electron chi connectivity index (χ0n) is 22.9. The van der Waals surface area contributed by atoms with Gasteiger partial charge >= 0.3 is 0 Å². The number of rotatable bonds is 12. The van der Waals surface area contributed by atoms with Crippen molar-refractivity contribution in [3.63, 3.8) is 0 Å². The maximum Gasteiger partial charge on any atom is 0.246 e. The van der Waals surface area contributed by atoms with Crippen LogP contribution in [-0.2, 0) is 9.53 Å². The Morgan fingerprint density at radius 3 is 2.08 bits per heavy atom. The van der Waals surface area contributed by atoms with Gasteiger partial charge in [0, 0.05) is 45.4 Å². The molecular weight excluding hydrogens is 488 g/mol. The Kier molecular flexibility index (Phi) is 10.8. The molecule has 0 N–H and O–H groups in total. The van der Waals surface area contributed by atoms with Gasteiger partial charge in [-0.15, -0.1) is 0 Å². The van der Waals surface area contributed by atoms with Crippen molar-refractivity contribution in [1.82, 2.24) is 9.80 Å². The summed E-state index contributed by atoms with van der Waals surface area (Å²) in [4.78, 5) is 17.0. The molecule has 3 aromatic rings. The molecule has 1 fully saturated rings. The molecule has 0 spiro atoms. The molecule has 39 heavy (non-hydrogen) atoms. The second-order valence-corrected chi connectivity index (χ2v) is 9.43. The predicted octanol–water partition coefficient (Wildman–Crippen LogP) is 5.61. The first-order valence-corrected chi connectivity index (χ1v) is 13.5. The smallest absolute Gasteiger partial charge is 0.246 e. The fourth-order valence-corrected chi connectivity index (χ4v) is 4.69. The Morgan fingerprint density at radius 1 is 0.821 bits per heavy atom. The van der Waals surface area contributed by atoms with E-state index in [0.717, 1.165) is 44.7 Å². The maximum atomic E-state index is 12.6. The zero-order valence-corrected chi connectivity index (χ0v) is 22.9. The largest absolute Gasteiger partial charge is 0.493 e. The number of carbonyl (C=O) groups excluding carboxylic acids is 1. The van der Waals surface area contributed by atoms with Crippen LogP contribution in [0.2, 0.25) is 0 Å². The number of carbonyl (C=O) groups is 1. The summed E-state index contributed by atoms with van der Waals surface area (Å²) in [6.45, 7) is 4.87. The van der Waals surface area contributed by atoms with Gasteiger partial charge in [-0.2, -0.15) is 0 Å². The number of hydrogen-bond donors (Lipinski definition) is 0. The second-order valence-electron chi connectivity index (χ2n) is 9.43. The molecule has 1 saturated heterocycles. The normalized spacial score (nSPS) is 14.4. The molecule has 204 valence electrons. The van der Waals surface area contributed by atoms with E-state index >= 15 is 0 Å². The third-order valence-corrected chi connectivity index (χ3v) is 6.84. The number of methoxy groups -OCH3 is 2. The third-order valence-electron chi connectivity index (χ3n) is 6.84. The molecular formula is C33H38N2O4. The Balaban J connectivity index is 1.18. The summed E-state index contributed by atoms with van der Waals surface area (Å²) in [5.74, 6) is 1.41. The number of piperazine rings is 1. The molecule has 0 unspecified atom stereocenters. The van der Waals surface area contributed by atoms with E-state index in [0.29, 0.717) is 18.1 Å². The lowest BCUT2D eigenvalue weighted by molar-refractivity contribution is -0.127. The Morgan fingerprint density at radius 2 is 1.46 bits per heavy atom. The van der Waals surface area contributed by atoms with Gasteiger partial charge in [-0.1, -0.05) is 85.0 Å². The van der Waals surface area contributed by atoms with Gasteiger partial charge in [0.1, 0.15) is 6.10 Å². The minimum atomic E-state index is -0.0607. The molecule has 4 rings (SSSR count). The molecule has 1 amide bonds. The molecule has 0 radical (unpaired) electrons. The van der Waals surface area contributed by atoms with E-state index in [1.165, 1.54) is 11.1 Å². The van der Waals surface area contributed by atoms with E-state index in [-0.39, 0.29) is 12.0 Å². The van der Waals surface area contributed by atoms with Crippen LogP contribution in [-0.4, -0.2) is 69.3 Å². The highest BCUT2D eigenvalue weighted by atomic mass is 16.5. The highest BCUT2D eigenvalue weighted by Gasteiger charge is 2.19. The van der Waals surface area contributed by atoms with Gasteiger partial charge in [-0.25, -0.2) is 0 Å². The number of nitrogens with zero attached hydrogens (tertiary/aromatic N) is 2. The Labute approximate surface area is 232 Å². The fourth-order valence-electron chi connectivity index (χ4n) is 4.69. The van der Waals surface area contributed by atoms with Crippen LogP contribution in [0, 0.1) is 0 Å². The van der Waals surface area contributed by atoms with Crippen molar-refractivity contribution in [2.45, 2.75) is 12.5 Å². The minimum absolute atomic E-state index is 0.0449. The SMILES string of the molecule is COc1ccc(C=CC=CC(=O)N2CCN(CCCOC(c3ccccc3)c3ccccc3)CC2)cc1OC. The van der Waals surface area contributed by atoms with Gasteiger partial charge in [0.2, 0.25) is 5.91 Å². The first-order valence-electron chi connectivity index (χ1n) is 13.5. The third kappa shape index (κ3) is 8.31. The van der Waals surface area contributed by atoms with E-state index in [1.54, 1.807) is 26.4 Å². The monoisotopic (exact) mass is 526 g/mol. The van der Waals surface area contributed by atoms with Crippen molar-refractivity contribution in [1.29, 1.82) is 0 Å². The van der Waals surface area contributed by atoms with Gasteiger partial charge in [0.05, 0.1) is 14.2 Å². The molecule has 6 nitrogen and oxygen atoms in total. The Bertz CT molecular complexity index is 1180. The van der Waals surface area contributed by atoms with E-state index < -0.39 is 0 Å². The van der Waals surface area contributed by atoms with Crippen molar-refractivity contribution in [2.75, 3.05) is 53.6 Å². The van der Waals surface area contributed by atoms with Crippen LogP contribution >= 0.6 is 0 Å². The van der Waals surface area contributed by atoms with Crippen LogP contribution in [0.4, 0.5) is 0 Å². The second kappa shape index (κ2) is 14.9. The average Bonchev–Trinajstić information content (AvgIpc) is 3.00. The molecule has 6 heteroatoms. The highest BCUT2D eigenvalue weighted by molar-refractivity contribution is 5.88. The number of allylic oxidation sites excluding steroid dienone is 2. The molecule has 0 aromatic heterocycles. The number of ether oxygens (including phenoxy) is 3. The molecule has 1 aliphatic rings. The molecule has 0 atom stereocenters. The predicted molar refractivity (Wildman–Crippen MR) is 156 cm³/mol. The number of amides is 1. The summed E-state index contributed by atoms with van der Waals surface area (Å²) in [7, 11) is 3.23. The van der Waals surface area contributed by atoms with E-state index in [9.17, 15) is 4.79 Å². The number of benzene rings is 3. The number of hydrogen-bond acceptors (Lipinski definition) is 5. The van der Waals surface area contributed by atoms with Crippen LogP contribution in [0.15, 0.2) is 97.1 Å². The zero-order chi connectivity index (χ0) is 27.3. The summed E-state index contributed by atoms with van der Waals surface area (Å²) >= 11 is 0. The van der Waals surface area contributed by atoms with E-state index in [2.05, 4.69) is 53.4 Å². The highest BCUT2D eigenvalue weighted by Crippen LogP contribution is 2.28. The van der Waals surface area contributed by atoms with E-state index in [4.69, 9.17) is 14.2 Å². The van der Waals surface area contributed by atoms with Gasteiger partial charge in [0.15, 0.2) is 11.5 Å². The summed E-state index contributed by atoms with van der Waals surface area (Å²) in [5, 5.41) is 0. The summed E-state index contributed by atoms with van der Waals surface area (Å²) in [6, 6.07) is 26.5. The van der Waals surface area contributed by atoms with Crippen molar-refractivity contribution in [3.05, 3.63) is 114 Å². The van der Waals surface area contributed by atoms with Crippen molar-refractivity contribution < 1.29 is 19.0 Å². The standard InChI is InChI=1S/C33H38N2O4/c1-37-30-19-18-27(26-31(30)38-2)12-9-10-17-32(36)35-23-21-34(22-24-35)20-11-25-39-33(28-13-5-3-6-14-28)29-15-7-4-8-16-29/h3-10,12-19,26,33H,11,20-25H2,1-2H3. The maximum absolute atomic E-state index is 12.6.